The summed E-state index contributed by atoms with van der Waals surface area (Å²) in [5, 5.41) is 4.10. The van der Waals surface area contributed by atoms with Crippen LogP contribution in [-0.4, -0.2) is 14.8 Å². The first-order chi connectivity index (χ1) is 9.36. The summed E-state index contributed by atoms with van der Waals surface area (Å²) in [6.07, 6.45) is -3.35. The van der Waals surface area contributed by atoms with E-state index in [0.717, 1.165) is 6.42 Å². The van der Waals surface area contributed by atoms with Gasteiger partial charge in [-0.3, -0.25) is 4.68 Å². The van der Waals surface area contributed by atoms with Gasteiger partial charge in [-0.15, -0.1) is 0 Å². The molecule has 0 fully saturated rings. The van der Waals surface area contributed by atoms with Gasteiger partial charge in [0.05, 0.1) is 17.6 Å². The molecule has 0 radical (unpaired) electrons. The van der Waals surface area contributed by atoms with Crippen molar-refractivity contribution in [3.8, 4) is 11.3 Å². The normalized spacial score (nSPS) is 18.4. The van der Waals surface area contributed by atoms with Gasteiger partial charge in [0.1, 0.15) is 5.69 Å². The topological polar surface area (TPSA) is 56.7 Å². The first-order valence-electron chi connectivity index (χ1n) is 5.92. The van der Waals surface area contributed by atoms with Crippen molar-refractivity contribution >= 4 is 0 Å². The van der Waals surface area contributed by atoms with Gasteiger partial charge < -0.3 is 5.73 Å². The minimum Gasteiger partial charge on any atom is -0.323 e. The summed E-state index contributed by atoms with van der Waals surface area (Å²) < 4.78 is 53.1. The van der Waals surface area contributed by atoms with Crippen LogP contribution in [0.15, 0.2) is 18.3 Å². The Morgan fingerprint density at radius 2 is 2.05 bits per heavy atom. The van der Waals surface area contributed by atoms with Gasteiger partial charge >= 0.3 is 6.18 Å². The predicted molar refractivity (Wildman–Crippen MR) is 62.0 cm³/mol. The fourth-order valence-corrected chi connectivity index (χ4v) is 2.24. The lowest BCUT2D eigenvalue weighted by Crippen LogP contribution is -2.08. The smallest absolute Gasteiger partial charge is 0.323 e. The lowest BCUT2D eigenvalue weighted by Gasteiger charge is -2.07. The number of halogens is 4. The minimum atomic E-state index is -4.62. The molecule has 0 aliphatic carbocycles. The number of nitrogens with two attached hydrogens (primary N) is 1. The highest BCUT2D eigenvalue weighted by Crippen LogP contribution is 2.33. The molecule has 2 N–H and O–H groups in total. The molecule has 1 aliphatic heterocycles. The molecule has 20 heavy (non-hydrogen) atoms. The average Bonchev–Trinajstić information content (AvgIpc) is 2.91. The predicted octanol–water partition coefficient (Wildman–Crippen LogP) is 2.51. The standard InChI is InChI=1S/C12H10F4N4/c13-7-5-18-11(12(14,15)16)3-6(7)9-4-10-8(17)1-2-20(10)19-9/h3-5,8H,1-2,17H2. The molecule has 8 heteroatoms. The lowest BCUT2D eigenvalue weighted by atomic mass is 10.1. The van der Waals surface area contributed by atoms with E-state index in [2.05, 4.69) is 10.1 Å². The van der Waals surface area contributed by atoms with Gasteiger partial charge in [0.2, 0.25) is 0 Å². The van der Waals surface area contributed by atoms with Gasteiger partial charge in [0.25, 0.3) is 0 Å². The number of rotatable bonds is 1. The highest BCUT2D eigenvalue weighted by atomic mass is 19.4. The number of nitrogens with zero attached hydrogens (tertiary/aromatic N) is 3. The Hall–Kier alpha value is -1.96. The summed E-state index contributed by atoms with van der Waals surface area (Å²) in [6, 6.07) is 1.97. The number of fused-ring (bicyclic) bond motifs is 1. The van der Waals surface area contributed by atoms with Crippen LogP contribution in [0, 0.1) is 5.82 Å². The molecule has 0 saturated heterocycles. The molecule has 0 spiro atoms. The molecule has 1 aliphatic rings. The van der Waals surface area contributed by atoms with Crippen molar-refractivity contribution < 1.29 is 17.6 Å². The molecule has 0 saturated carbocycles. The van der Waals surface area contributed by atoms with Crippen molar-refractivity contribution in [2.75, 3.05) is 0 Å². The summed E-state index contributed by atoms with van der Waals surface area (Å²) in [5.41, 5.74) is 5.30. The van der Waals surface area contributed by atoms with Gasteiger partial charge in [-0.25, -0.2) is 9.37 Å². The van der Waals surface area contributed by atoms with Crippen LogP contribution in [0.3, 0.4) is 0 Å². The Morgan fingerprint density at radius 1 is 1.30 bits per heavy atom. The van der Waals surface area contributed by atoms with E-state index in [-0.39, 0.29) is 17.3 Å². The van der Waals surface area contributed by atoms with Crippen molar-refractivity contribution in [2.45, 2.75) is 25.2 Å². The van der Waals surface area contributed by atoms with Crippen LogP contribution in [0.5, 0.6) is 0 Å². The van der Waals surface area contributed by atoms with E-state index < -0.39 is 17.7 Å². The van der Waals surface area contributed by atoms with Gasteiger partial charge in [-0.2, -0.15) is 18.3 Å². The molecule has 0 amide bonds. The monoisotopic (exact) mass is 286 g/mol. The van der Waals surface area contributed by atoms with Gasteiger partial charge in [-0.05, 0) is 18.6 Å². The Morgan fingerprint density at radius 3 is 2.70 bits per heavy atom. The molecule has 2 aromatic heterocycles. The molecule has 3 rings (SSSR count). The van der Waals surface area contributed by atoms with E-state index in [1.807, 2.05) is 0 Å². The third-order valence-electron chi connectivity index (χ3n) is 3.26. The number of hydrogen-bond donors (Lipinski definition) is 1. The molecule has 1 atom stereocenters. The van der Waals surface area contributed by atoms with Crippen LogP contribution in [0.2, 0.25) is 0 Å². The van der Waals surface area contributed by atoms with Crippen LogP contribution >= 0.6 is 0 Å². The first kappa shape index (κ1) is 13.0. The molecule has 2 aromatic rings. The maximum Gasteiger partial charge on any atom is 0.433 e. The maximum atomic E-state index is 13.7. The summed E-state index contributed by atoms with van der Waals surface area (Å²) in [5.74, 6) is -0.844. The van der Waals surface area contributed by atoms with Gasteiger partial charge in [0, 0.05) is 18.2 Å². The summed E-state index contributed by atoms with van der Waals surface area (Å²) in [7, 11) is 0. The molecular weight excluding hydrogens is 276 g/mol. The Balaban J connectivity index is 2.08. The average molecular weight is 286 g/mol. The van der Waals surface area contributed by atoms with Crippen molar-refractivity contribution in [2.24, 2.45) is 5.73 Å². The number of aromatic nitrogens is 3. The second-order valence-corrected chi connectivity index (χ2v) is 4.62. The van der Waals surface area contributed by atoms with Crippen molar-refractivity contribution in [1.82, 2.24) is 14.8 Å². The van der Waals surface area contributed by atoms with Gasteiger partial charge in [0.15, 0.2) is 5.82 Å². The van der Waals surface area contributed by atoms with Crippen molar-refractivity contribution in [3.05, 3.63) is 35.5 Å². The van der Waals surface area contributed by atoms with E-state index in [4.69, 9.17) is 5.73 Å². The van der Waals surface area contributed by atoms with E-state index in [1.54, 1.807) is 4.68 Å². The second-order valence-electron chi connectivity index (χ2n) is 4.62. The largest absolute Gasteiger partial charge is 0.433 e. The SMILES string of the molecule is NC1CCn2nc(-c3cc(C(F)(F)F)ncc3F)cc21. The number of pyridine rings is 1. The highest BCUT2D eigenvalue weighted by Gasteiger charge is 2.33. The molecule has 1 unspecified atom stereocenters. The summed E-state index contributed by atoms with van der Waals surface area (Å²) in [6.45, 7) is 0.579. The van der Waals surface area contributed by atoms with Crippen molar-refractivity contribution in [3.63, 3.8) is 0 Å². The number of alkyl halides is 3. The zero-order valence-corrected chi connectivity index (χ0v) is 10.2. The molecule has 4 nitrogen and oxygen atoms in total. The van der Waals surface area contributed by atoms with E-state index in [0.29, 0.717) is 24.5 Å². The quantitative estimate of drug-likeness (QED) is 0.819. The lowest BCUT2D eigenvalue weighted by molar-refractivity contribution is -0.141. The van der Waals surface area contributed by atoms with Crippen LogP contribution in [0.4, 0.5) is 17.6 Å². The Labute approximate surface area is 111 Å². The first-order valence-corrected chi connectivity index (χ1v) is 5.92. The summed E-state index contributed by atoms with van der Waals surface area (Å²) >= 11 is 0. The number of hydrogen-bond acceptors (Lipinski definition) is 3. The van der Waals surface area contributed by atoms with E-state index >= 15 is 0 Å². The van der Waals surface area contributed by atoms with E-state index in [9.17, 15) is 17.6 Å². The van der Waals surface area contributed by atoms with Gasteiger partial charge in [-0.1, -0.05) is 0 Å². The zero-order valence-electron chi connectivity index (χ0n) is 10.2. The van der Waals surface area contributed by atoms with Crippen molar-refractivity contribution in [1.29, 1.82) is 0 Å². The molecule has 106 valence electrons. The van der Waals surface area contributed by atoms with Crippen LogP contribution in [-0.2, 0) is 12.7 Å². The third kappa shape index (κ3) is 2.05. The van der Waals surface area contributed by atoms with Crippen LogP contribution in [0.25, 0.3) is 11.3 Å². The Kier molecular flexibility index (Phi) is 2.79. The number of aryl methyl sites for hydroxylation is 1. The fourth-order valence-electron chi connectivity index (χ4n) is 2.24. The van der Waals surface area contributed by atoms with E-state index in [1.165, 1.54) is 6.07 Å². The fraction of sp³-hybridized carbons (Fsp3) is 0.333. The molecule has 0 bridgehead atoms. The summed E-state index contributed by atoms with van der Waals surface area (Å²) in [4.78, 5) is 3.05. The maximum absolute atomic E-state index is 13.7. The molecular formula is C12H10F4N4. The Bertz CT molecular complexity index is 662. The molecule has 0 aromatic carbocycles. The second kappa shape index (κ2) is 4.27. The molecule has 3 heterocycles. The van der Waals surface area contributed by atoms with Crippen LogP contribution < -0.4 is 5.73 Å². The van der Waals surface area contributed by atoms with Crippen LogP contribution in [0.1, 0.15) is 23.9 Å². The minimum absolute atomic E-state index is 0.139. The third-order valence-corrected chi connectivity index (χ3v) is 3.26. The highest BCUT2D eigenvalue weighted by molar-refractivity contribution is 5.61. The zero-order chi connectivity index (χ0) is 14.5.